The molecule has 0 saturated heterocycles. The van der Waals surface area contributed by atoms with Crippen molar-refractivity contribution in [1.29, 1.82) is 0 Å². The number of fused-ring (bicyclic) bond motifs is 1. The molecular weight excluding hydrogens is 250 g/mol. The highest BCUT2D eigenvalue weighted by molar-refractivity contribution is 5.68. The van der Waals surface area contributed by atoms with Gasteiger partial charge in [0.2, 0.25) is 5.78 Å². The maximum atomic E-state index is 5.67. The molecule has 0 N–H and O–H groups in total. The second-order valence-corrected chi connectivity index (χ2v) is 4.76. The van der Waals surface area contributed by atoms with Crippen molar-refractivity contribution in [2.75, 3.05) is 6.61 Å². The molecular formula is C16H17N3O. The van der Waals surface area contributed by atoms with E-state index < -0.39 is 0 Å². The summed E-state index contributed by atoms with van der Waals surface area (Å²) < 4.78 is 7.68. The van der Waals surface area contributed by atoms with E-state index in [2.05, 4.69) is 16.9 Å². The van der Waals surface area contributed by atoms with Gasteiger partial charge in [-0.2, -0.15) is 0 Å². The molecule has 20 heavy (non-hydrogen) atoms. The van der Waals surface area contributed by atoms with Gasteiger partial charge in [-0.3, -0.25) is 4.40 Å². The maximum Gasteiger partial charge on any atom is 0.234 e. The summed E-state index contributed by atoms with van der Waals surface area (Å²) in [5, 5.41) is 0. The fraction of sp³-hybridized carbons (Fsp3) is 0.250. The summed E-state index contributed by atoms with van der Waals surface area (Å²) in [6, 6.07) is 10.0. The van der Waals surface area contributed by atoms with Gasteiger partial charge in [0.1, 0.15) is 5.75 Å². The minimum Gasteiger partial charge on any atom is -0.493 e. The van der Waals surface area contributed by atoms with Gasteiger partial charge >= 0.3 is 0 Å². The van der Waals surface area contributed by atoms with Crippen molar-refractivity contribution < 1.29 is 4.74 Å². The third-order valence-corrected chi connectivity index (χ3v) is 3.22. The molecule has 0 atom stereocenters. The van der Waals surface area contributed by atoms with Crippen LogP contribution in [0.5, 0.6) is 5.75 Å². The molecule has 0 aliphatic rings. The zero-order valence-electron chi connectivity index (χ0n) is 11.9. The van der Waals surface area contributed by atoms with Crippen LogP contribution in [-0.2, 0) is 0 Å². The molecule has 3 rings (SSSR count). The number of aryl methyl sites for hydroxylation is 2. The van der Waals surface area contributed by atoms with Gasteiger partial charge in [-0.25, -0.2) is 9.97 Å². The number of nitrogens with zero attached hydrogens (tertiary/aromatic N) is 3. The topological polar surface area (TPSA) is 39.4 Å². The van der Waals surface area contributed by atoms with E-state index in [0.29, 0.717) is 6.61 Å². The van der Waals surface area contributed by atoms with E-state index in [0.717, 1.165) is 34.2 Å². The largest absolute Gasteiger partial charge is 0.493 e. The Morgan fingerprint density at radius 3 is 2.75 bits per heavy atom. The minimum atomic E-state index is 0.640. The monoisotopic (exact) mass is 267 g/mol. The highest BCUT2D eigenvalue weighted by Gasteiger charge is 2.11. The lowest BCUT2D eigenvalue weighted by molar-refractivity contribution is 0.341. The summed E-state index contributed by atoms with van der Waals surface area (Å²) in [5.74, 6) is 1.58. The zero-order chi connectivity index (χ0) is 14.1. The molecule has 102 valence electrons. The number of hydrogen-bond acceptors (Lipinski definition) is 3. The second-order valence-electron chi connectivity index (χ2n) is 4.76. The van der Waals surface area contributed by atoms with Crippen LogP contribution in [0.1, 0.15) is 18.3 Å². The summed E-state index contributed by atoms with van der Waals surface area (Å²) in [6.45, 7) is 6.66. The summed E-state index contributed by atoms with van der Waals surface area (Å²) in [7, 11) is 0. The molecule has 0 bridgehead atoms. The Labute approximate surface area is 118 Å². The van der Waals surface area contributed by atoms with E-state index in [4.69, 9.17) is 4.74 Å². The van der Waals surface area contributed by atoms with Crippen LogP contribution in [0, 0.1) is 13.8 Å². The van der Waals surface area contributed by atoms with E-state index in [1.807, 2.05) is 54.8 Å². The number of hydrogen-bond donors (Lipinski definition) is 0. The molecule has 4 heteroatoms. The number of ether oxygens (including phenoxy) is 1. The summed E-state index contributed by atoms with van der Waals surface area (Å²) >= 11 is 0. The molecule has 2 heterocycles. The summed E-state index contributed by atoms with van der Waals surface area (Å²) in [5.41, 5.74) is 3.98. The predicted octanol–water partition coefficient (Wildman–Crippen LogP) is 3.41. The van der Waals surface area contributed by atoms with Crippen LogP contribution in [-0.4, -0.2) is 21.0 Å². The molecule has 1 aromatic carbocycles. The Morgan fingerprint density at radius 1 is 1.15 bits per heavy atom. The Kier molecular flexibility index (Phi) is 3.14. The van der Waals surface area contributed by atoms with Crippen molar-refractivity contribution >= 4 is 5.78 Å². The number of aromatic nitrogens is 3. The third kappa shape index (κ3) is 2.13. The normalized spacial score (nSPS) is 10.9. The molecule has 2 aromatic heterocycles. The molecule has 0 spiro atoms. The number of rotatable bonds is 3. The lowest BCUT2D eigenvalue weighted by Gasteiger charge is -2.07. The first-order valence-electron chi connectivity index (χ1n) is 6.74. The molecule has 0 fully saturated rings. The van der Waals surface area contributed by atoms with E-state index >= 15 is 0 Å². The highest BCUT2D eigenvalue weighted by Crippen LogP contribution is 2.29. The molecule has 0 unspecified atom stereocenters. The molecule has 3 aromatic rings. The van der Waals surface area contributed by atoms with E-state index in [-0.39, 0.29) is 0 Å². The van der Waals surface area contributed by atoms with E-state index in [9.17, 15) is 0 Å². The SMILES string of the molecule is CCOc1ccccc1-c1cn2c(C)cc(C)nc2n1. The van der Waals surface area contributed by atoms with E-state index in [1.165, 1.54) is 0 Å². The first-order valence-corrected chi connectivity index (χ1v) is 6.74. The Bertz CT molecular complexity index is 762. The molecule has 4 nitrogen and oxygen atoms in total. The molecule has 0 aliphatic carbocycles. The van der Waals surface area contributed by atoms with Crippen molar-refractivity contribution in [3.8, 4) is 17.0 Å². The average Bonchev–Trinajstić information content (AvgIpc) is 2.83. The fourth-order valence-electron chi connectivity index (χ4n) is 2.36. The fourth-order valence-corrected chi connectivity index (χ4v) is 2.36. The quantitative estimate of drug-likeness (QED) is 0.730. The van der Waals surface area contributed by atoms with Crippen LogP contribution in [0.2, 0.25) is 0 Å². The summed E-state index contributed by atoms with van der Waals surface area (Å²) in [4.78, 5) is 9.09. The van der Waals surface area contributed by atoms with Gasteiger partial charge in [0.15, 0.2) is 0 Å². The molecule has 0 radical (unpaired) electrons. The van der Waals surface area contributed by atoms with Crippen LogP contribution in [0.15, 0.2) is 36.5 Å². The lowest BCUT2D eigenvalue weighted by Crippen LogP contribution is -1.94. The highest BCUT2D eigenvalue weighted by atomic mass is 16.5. The van der Waals surface area contributed by atoms with Crippen molar-refractivity contribution in [2.45, 2.75) is 20.8 Å². The standard InChI is InChI=1S/C16H17N3O/c1-4-20-15-8-6-5-7-13(15)14-10-19-12(3)9-11(2)17-16(19)18-14/h5-10H,4H2,1-3H3. The molecule has 0 saturated carbocycles. The van der Waals surface area contributed by atoms with Gasteiger partial charge in [-0.15, -0.1) is 0 Å². The number of imidazole rings is 1. The Morgan fingerprint density at radius 2 is 1.95 bits per heavy atom. The van der Waals surface area contributed by atoms with E-state index in [1.54, 1.807) is 0 Å². The van der Waals surface area contributed by atoms with Crippen LogP contribution in [0.4, 0.5) is 0 Å². The van der Waals surface area contributed by atoms with Crippen molar-refractivity contribution in [1.82, 2.24) is 14.4 Å². The van der Waals surface area contributed by atoms with Gasteiger partial charge in [0, 0.05) is 23.1 Å². The van der Waals surface area contributed by atoms with Gasteiger partial charge < -0.3 is 4.74 Å². The van der Waals surface area contributed by atoms with Crippen molar-refractivity contribution in [2.24, 2.45) is 0 Å². The average molecular weight is 267 g/mol. The van der Waals surface area contributed by atoms with Crippen LogP contribution < -0.4 is 4.74 Å². The smallest absolute Gasteiger partial charge is 0.234 e. The van der Waals surface area contributed by atoms with Crippen molar-refractivity contribution in [3.05, 3.63) is 47.9 Å². The first-order chi connectivity index (χ1) is 9.69. The van der Waals surface area contributed by atoms with Gasteiger partial charge in [0.05, 0.1) is 12.3 Å². The van der Waals surface area contributed by atoms with Gasteiger partial charge in [-0.05, 0) is 39.0 Å². The van der Waals surface area contributed by atoms with Gasteiger partial charge in [0.25, 0.3) is 0 Å². The number of benzene rings is 1. The number of para-hydroxylation sites is 1. The maximum absolute atomic E-state index is 5.67. The second kappa shape index (κ2) is 4.96. The Balaban J connectivity index is 2.18. The van der Waals surface area contributed by atoms with Gasteiger partial charge in [-0.1, -0.05) is 12.1 Å². The predicted molar refractivity (Wildman–Crippen MR) is 79.1 cm³/mol. The minimum absolute atomic E-state index is 0.640. The molecule has 0 aliphatic heterocycles. The van der Waals surface area contributed by atoms with Crippen LogP contribution >= 0.6 is 0 Å². The van der Waals surface area contributed by atoms with Crippen molar-refractivity contribution in [3.63, 3.8) is 0 Å². The Hall–Kier alpha value is -2.36. The summed E-state index contributed by atoms with van der Waals surface area (Å²) in [6.07, 6.45) is 2.01. The van der Waals surface area contributed by atoms with Crippen LogP contribution in [0.25, 0.3) is 17.0 Å². The lowest BCUT2D eigenvalue weighted by atomic mass is 10.1. The third-order valence-electron chi connectivity index (χ3n) is 3.22. The molecule has 0 amide bonds. The zero-order valence-corrected chi connectivity index (χ0v) is 11.9. The van der Waals surface area contributed by atoms with Crippen LogP contribution in [0.3, 0.4) is 0 Å². The first kappa shape index (κ1) is 12.7.